The van der Waals surface area contributed by atoms with Gasteiger partial charge < -0.3 is 10.1 Å². The van der Waals surface area contributed by atoms with Crippen LogP contribution in [0.15, 0.2) is 35.2 Å². The van der Waals surface area contributed by atoms with Crippen molar-refractivity contribution in [3.8, 4) is 0 Å². The Morgan fingerprint density at radius 3 is 2.37 bits per heavy atom. The zero-order valence-corrected chi connectivity index (χ0v) is 19.4. The minimum atomic E-state index is -3.59. The summed E-state index contributed by atoms with van der Waals surface area (Å²) in [4.78, 5) is 25.1. The molecule has 0 bridgehead atoms. The second-order valence-corrected chi connectivity index (χ2v) is 9.66. The lowest BCUT2D eigenvalue weighted by molar-refractivity contribution is 0.0531. The van der Waals surface area contributed by atoms with E-state index in [0.29, 0.717) is 28.5 Å². The van der Waals surface area contributed by atoms with Crippen LogP contribution in [0.4, 0.5) is 5.00 Å². The predicted molar refractivity (Wildman–Crippen MR) is 119 cm³/mol. The van der Waals surface area contributed by atoms with Gasteiger partial charge in [0.15, 0.2) is 0 Å². The first-order chi connectivity index (χ1) is 14.2. The third-order valence-electron chi connectivity index (χ3n) is 4.48. The minimum Gasteiger partial charge on any atom is -0.462 e. The number of ether oxygens (including phenoxy) is 1. The molecule has 0 aliphatic heterocycles. The number of aryl methyl sites for hydroxylation is 1. The van der Waals surface area contributed by atoms with Crippen LogP contribution in [0.5, 0.6) is 0 Å². The number of anilines is 1. The van der Waals surface area contributed by atoms with Gasteiger partial charge in [0.25, 0.3) is 5.91 Å². The molecule has 9 heteroatoms. The monoisotopic (exact) mass is 452 g/mol. The first-order valence-corrected chi connectivity index (χ1v) is 12.2. The van der Waals surface area contributed by atoms with Gasteiger partial charge in [0.2, 0.25) is 10.0 Å². The van der Waals surface area contributed by atoms with Gasteiger partial charge in [-0.15, -0.1) is 11.3 Å². The van der Waals surface area contributed by atoms with E-state index in [9.17, 15) is 18.0 Å². The van der Waals surface area contributed by atoms with Gasteiger partial charge in [0, 0.05) is 18.7 Å². The highest BCUT2D eigenvalue weighted by Gasteiger charge is 2.23. The Labute approximate surface area is 182 Å². The third kappa shape index (κ3) is 5.68. The second kappa shape index (κ2) is 10.7. The summed E-state index contributed by atoms with van der Waals surface area (Å²) in [6, 6.07) is 7.58. The zero-order valence-electron chi connectivity index (χ0n) is 17.7. The first-order valence-electron chi connectivity index (χ1n) is 9.93. The SMILES string of the molecule is CCCCN(CC)S(=O)(=O)c1ccc(C(=O)Nc2cc(C)c(C(=O)OCC)s2)cc1. The summed E-state index contributed by atoms with van der Waals surface area (Å²) in [7, 11) is -3.59. The average Bonchev–Trinajstić information content (AvgIpc) is 3.08. The number of carbonyl (C=O) groups is 2. The van der Waals surface area contributed by atoms with Crippen LogP contribution in [0.1, 0.15) is 59.2 Å². The molecule has 0 aliphatic carbocycles. The van der Waals surface area contributed by atoms with Crippen LogP contribution in [0.25, 0.3) is 0 Å². The number of unbranched alkanes of at least 4 members (excludes halogenated alkanes) is 1. The minimum absolute atomic E-state index is 0.161. The Bertz CT molecular complexity index is 981. The largest absolute Gasteiger partial charge is 0.462 e. The third-order valence-corrected chi connectivity index (χ3v) is 7.60. The van der Waals surface area contributed by atoms with E-state index in [0.717, 1.165) is 29.7 Å². The molecule has 2 rings (SSSR count). The molecule has 164 valence electrons. The number of nitrogens with zero attached hydrogens (tertiary/aromatic N) is 1. The second-order valence-electron chi connectivity index (χ2n) is 6.67. The number of carbonyl (C=O) groups excluding carboxylic acids is 2. The molecule has 1 amide bonds. The molecule has 0 fully saturated rings. The van der Waals surface area contributed by atoms with E-state index in [1.165, 1.54) is 28.6 Å². The average molecular weight is 453 g/mol. The van der Waals surface area contributed by atoms with E-state index in [4.69, 9.17) is 4.74 Å². The molecular weight excluding hydrogens is 424 g/mol. The molecule has 2 aromatic rings. The molecule has 0 atom stereocenters. The van der Waals surface area contributed by atoms with Gasteiger partial charge in [-0.2, -0.15) is 4.31 Å². The number of benzene rings is 1. The summed E-state index contributed by atoms with van der Waals surface area (Å²) >= 11 is 1.14. The first kappa shape index (κ1) is 24.0. The Morgan fingerprint density at radius 2 is 1.80 bits per heavy atom. The highest BCUT2D eigenvalue weighted by molar-refractivity contribution is 7.89. The fourth-order valence-corrected chi connectivity index (χ4v) is 5.29. The van der Waals surface area contributed by atoms with Crippen LogP contribution in [0.2, 0.25) is 0 Å². The zero-order chi connectivity index (χ0) is 22.3. The van der Waals surface area contributed by atoms with Crippen LogP contribution in [0.3, 0.4) is 0 Å². The highest BCUT2D eigenvalue weighted by Crippen LogP contribution is 2.28. The molecule has 0 saturated heterocycles. The summed E-state index contributed by atoms with van der Waals surface area (Å²) in [6.45, 7) is 8.47. The van der Waals surface area contributed by atoms with E-state index >= 15 is 0 Å². The lowest BCUT2D eigenvalue weighted by Crippen LogP contribution is -2.31. The normalized spacial score (nSPS) is 11.5. The molecule has 1 heterocycles. The van der Waals surface area contributed by atoms with Gasteiger partial charge in [0.05, 0.1) is 16.5 Å². The van der Waals surface area contributed by atoms with Crippen molar-refractivity contribution in [3.63, 3.8) is 0 Å². The van der Waals surface area contributed by atoms with E-state index < -0.39 is 16.0 Å². The number of hydrogen-bond donors (Lipinski definition) is 1. The number of thiophene rings is 1. The van der Waals surface area contributed by atoms with Gasteiger partial charge in [-0.1, -0.05) is 20.3 Å². The number of sulfonamides is 1. The standard InChI is InChI=1S/C21H28N2O5S2/c1-5-8-13-23(6-2)30(26,27)17-11-9-16(10-12-17)20(24)22-18-14-15(4)19(29-18)21(25)28-7-3/h9-12,14H,5-8,13H2,1-4H3,(H,22,24). The van der Waals surface area contributed by atoms with Gasteiger partial charge in [0.1, 0.15) is 4.88 Å². The van der Waals surface area contributed by atoms with Crippen molar-refractivity contribution in [1.82, 2.24) is 4.31 Å². The highest BCUT2D eigenvalue weighted by atomic mass is 32.2. The van der Waals surface area contributed by atoms with Crippen LogP contribution in [-0.4, -0.2) is 44.3 Å². The molecule has 1 N–H and O–H groups in total. The lowest BCUT2D eigenvalue weighted by atomic mass is 10.2. The molecule has 0 saturated carbocycles. The number of amides is 1. The molecule has 0 spiro atoms. The quantitative estimate of drug-likeness (QED) is 0.543. The van der Waals surface area contributed by atoms with Crippen LogP contribution >= 0.6 is 11.3 Å². The smallest absolute Gasteiger partial charge is 0.348 e. The molecule has 1 aromatic carbocycles. The van der Waals surface area contributed by atoms with Gasteiger partial charge in [-0.05, 0) is 56.2 Å². The van der Waals surface area contributed by atoms with Crippen molar-refractivity contribution in [2.75, 3.05) is 25.0 Å². The topological polar surface area (TPSA) is 92.8 Å². The molecule has 0 aliphatic rings. The maximum atomic E-state index is 12.8. The molecule has 0 unspecified atom stereocenters. The number of hydrogen-bond acceptors (Lipinski definition) is 6. The summed E-state index contributed by atoms with van der Waals surface area (Å²) in [5.41, 5.74) is 1.05. The summed E-state index contributed by atoms with van der Waals surface area (Å²) in [5, 5.41) is 3.27. The van der Waals surface area contributed by atoms with Crippen molar-refractivity contribution in [1.29, 1.82) is 0 Å². The van der Waals surface area contributed by atoms with Crippen molar-refractivity contribution in [2.24, 2.45) is 0 Å². The Kier molecular flexibility index (Phi) is 8.57. The van der Waals surface area contributed by atoms with Crippen LogP contribution in [0, 0.1) is 6.92 Å². The summed E-state index contributed by atoms with van der Waals surface area (Å²) < 4.78 is 32.0. The lowest BCUT2D eigenvalue weighted by Gasteiger charge is -2.20. The van der Waals surface area contributed by atoms with Crippen molar-refractivity contribution < 1.29 is 22.7 Å². The van der Waals surface area contributed by atoms with Crippen LogP contribution in [-0.2, 0) is 14.8 Å². The molecule has 7 nitrogen and oxygen atoms in total. The van der Waals surface area contributed by atoms with E-state index in [1.807, 2.05) is 13.8 Å². The Morgan fingerprint density at radius 1 is 1.13 bits per heavy atom. The van der Waals surface area contributed by atoms with E-state index in [-0.39, 0.29) is 17.4 Å². The molecule has 0 radical (unpaired) electrons. The van der Waals surface area contributed by atoms with Gasteiger partial charge in [-0.25, -0.2) is 13.2 Å². The Hall–Kier alpha value is -2.23. The number of rotatable bonds is 10. The molecular formula is C21H28N2O5S2. The predicted octanol–water partition coefficient (Wildman–Crippen LogP) is 4.30. The van der Waals surface area contributed by atoms with Crippen molar-refractivity contribution in [2.45, 2.75) is 45.4 Å². The maximum Gasteiger partial charge on any atom is 0.348 e. The fraction of sp³-hybridized carbons (Fsp3) is 0.429. The van der Waals surface area contributed by atoms with Gasteiger partial charge >= 0.3 is 5.97 Å². The van der Waals surface area contributed by atoms with Crippen molar-refractivity contribution >= 4 is 38.2 Å². The molecule has 1 aromatic heterocycles. The summed E-state index contributed by atoms with van der Waals surface area (Å²) in [6.07, 6.45) is 1.70. The maximum absolute atomic E-state index is 12.8. The van der Waals surface area contributed by atoms with Crippen molar-refractivity contribution in [3.05, 3.63) is 46.3 Å². The van der Waals surface area contributed by atoms with Crippen LogP contribution < -0.4 is 5.32 Å². The Balaban J connectivity index is 2.14. The van der Waals surface area contributed by atoms with Gasteiger partial charge in [-0.3, -0.25) is 4.79 Å². The number of esters is 1. The van der Waals surface area contributed by atoms with E-state index in [1.54, 1.807) is 19.9 Å². The van der Waals surface area contributed by atoms with E-state index in [2.05, 4.69) is 5.32 Å². The number of nitrogens with one attached hydrogen (secondary N) is 1. The fourth-order valence-electron chi connectivity index (χ4n) is 2.84. The summed E-state index contributed by atoms with van der Waals surface area (Å²) in [5.74, 6) is -0.799. The molecule has 30 heavy (non-hydrogen) atoms.